The number of benzene rings is 1. The lowest BCUT2D eigenvalue weighted by atomic mass is 9.79. The highest BCUT2D eigenvalue weighted by Gasteiger charge is 2.36. The van der Waals surface area contributed by atoms with Gasteiger partial charge in [0.15, 0.2) is 6.29 Å². The first-order valence-electron chi connectivity index (χ1n) is 7.47. The van der Waals surface area contributed by atoms with Crippen molar-refractivity contribution in [2.24, 2.45) is 0 Å². The van der Waals surface area contributed by atoms with Crippen molar-refractivity contribution < 1.29 is 4.79 Å². The second-order valence-corrected chi connectivity index (χ2v) is 6.88. The summed E-state index contributed by atoms with van der Waals surface area (Å²) in [5, 5.41) is 0.560. The first-order valence-corrected chi connectivity index (χ1v) is 7.84. The predicted octanol–water partition coefficient (Wildman–Crippen LogP) is 5.04. The summed E-state index contributed by atoms with van der Waals surface area (Å²) in [4.78, 5) is 13.6. The monoisotopic (exact) mass is 293 g/mol. The molecule has 0 aromatic heterocycles. The van der Waals surface area contributed by atoms with Gasteiger partial charge in [-0.05, 0) is 50.3 Å². The Morgan fingerprint density at radius 2 is 2.15 bits per heavy atom. The van der Waals surface area contributed by atoms with Crippen LogP contribution in [0.1, 0.15) is 68.8 Å². The van der Waals surface area contributed by atoms with E-state index in [9.17, 15) is 4.79 Å². The Bertz CT molecular complexity index is 510. The summed E-state index contributed by atoms with van der Waals surface area (Å²) in [6, 6.07) is 3.96. The SMILES string of the molecule is CCCCN1c2cc(Cl)c(C=O)cc2[C@H](C)CC1(C)C. The van der Waals surface area contributed by atoms with Crippen molar-refractivity contribution in [2.45, 2.75) is 58.4 Å². The molecule has 0 spiro atoms. The van der Waals surface area contributed by atoms with E-state index in [0.717, 1.165) is 19.3 Å². The number of aldehydes is 1. The van der Waals surface area contributed by atoms with E-state index < -0.39 is 0 Å². The van der Waals surface area contributed by atoms with Crippen LogP contribution in [0, 0.1) is 0 Å². The molecular weight excluding hydrogens is 270 g/mol. The number of hydrogen-bond acceptors (Lipinski definition) is 2. The second kappa shape index (κ2) is 5.77. The Morgan fingerprint density at radius 3 is 2.75 bits per heavy atom. The van der Waals surface area contributed by atoms with E-state index in [1.54, 1.807) is 0 Å². The van der Waals surface area contributed by atoms with Gasteiger partial charge in [-0.15, -0.1) is 0 Å². The van der Waals surface area contributed by atoms with Gasteiger partial charge in [0.05, 0.1) is 5.02 Å². The van der Waals surface area contributed by atoms with Crippen molar-refractivity contribution in [1.82, 2.24) is 0 Å². The molecule has 0 N–H and O–H groups in total. The van der Waals surface area contributed by atoms with Crippen LogP contribution >= 0.6 is 11.6 Å². The third kappa shape index (κ3) is 2.71. The number of unbranched alkanes of at least 4 members (excludes halogenated alkanes) is 1. The molecule has 0 radical (unpaired) electrons. The van der Waals surface area contributed by atoms with Crippen LogP contribution in [0.15, 0.2) is 12.1 Å². The number of hydrogen-bond donors (Lipinski definition) is 0. The van der Waals surface area contributed by atoms with Crippen LogP contribution in [0.3, 0.4) is 0 Å². The van der Waals surface area contributed by atoms with E-state index in [0.29, 0.717) is 16.5 Å². The fourth-order valence-corrected chi connectivity index (χ4v) is 3.55. The van der Waals surface area contributed by atoms with Crippen molar-refractivity contribution in [2.75, 3.05) is 11.4 Å². The van der Waals surface area contributed by atoms with Crippen molar-refractivity contribution in [3.8, 4) is 0 Å². The van der Waals surface area contributed by atoms with Gasteiger partial charge in [-0.25, -0.2) is 0 Å². The molecule has 20 heavy (non-hydrogen) atoms. The lowest BCUT2D eigenvalue weighted by molar-refractivity contribution is 0.112. The van der Waals surface area contributed by atoms with Crippen LogP contribution in [-0.2, 0) is 0 Å². The molecule has 2 nitrogen and oxygen atoms in total. The molecule has 0 saturated carbocycles. The van der Waals surface area contributed by atoms with Crippen molar-refractivity contribution in [3.05, 3.63) is 28.3 Å². The maximum Gasteiger partial charge on any atom is 0.151 e. The van der Waals surface area contributed by atoms with Crippen LogP contribution in [0.5, 0.6) is 0 Å². The topological polar surface area (TPSA) is 20.3 Å². The fourth-order valence-electron chi connectivity index (χ4n) is 3.35. The minimum atomic E-state index is 0.133. The number of nitrogens with zero attached hydrogens (tertiary/aromatic N) is 1. The van der Waals surface area contributed by atoms with E-state index in [1.165, 1.54) is 24.1 Å². The molecule has 1 heterocycles. The van der Waals surface area contributed by atoms with Crippen LogP contribution < -0.4 is 4.90 Å². The van der Waals surface area contributed by atoms with Crippen molar-refractivity contribution >= 4 is 23.6 Å². The minimum Gasteiger partial charge on any atom is -0.366 e. The van der Waals surface area contributed by atoms with Crippen LogP contribution in [0.2, 0.25) is 5.02 Å². The summed E-state index contributed by atoms with van der Waals surface area (Å²) in [5.74, 6) is 0.453. The summed E-state index contributed by atoms with van der Waals surface area (Å²) in [7, 11) is 0. The highest BCUT2D eigenvalue weighted by Crippen LogP contribution is 2.45. The molecule has 0 unspecified atom stereocenters. The molecule has 1 aromatic carbocycles. The Kier molecular flexibility index (Phi) is 4.43. The van der Waals surface area contributed by atoms with E-state index in [-0.39, 0.29) is 5.54 Å². The Labute approximate surface area is 127 Å². The summed E-state index contributed by atoms with van der Waals surface area (Å²) in [5.41, 5.74) is 3.20. The number of fused-ring (bicyclic) bond motifs is 1. The molecule has 2 rings (SSSR count). The Balaban J connectivity index is 2.51. The molecule has 110 valence electrons. The minimum absolute atomic E-state index is 0.133. The molecule has 0 amide bonds. The average Bonchev–Trinajstić information content (AvgIpc) is 2.37. The number of carbonyl (C=O) groups is 1. The summed E-state index contributed by atoms with van der Waals surface area (Å²) >= 11 is 6.24. The van der Waals surface area contributed by atoms with Crippen molar-refractivity contribution in [3.63, 3.8) is 0 Å². The molecule has 1 aliphatic heterocycles. The summed E-state index contributed by atoms with van der Waals surface area (Å²) in [6.45, 7) is 10.1. The second-order valence-electron chi connectivity index (χ2n) is 6.47. The number of rotatable bonds is 4. The molecule has 0 fully saturated rings. The van der Waals surface area contributed by atoms with E-state index >= 15 is 0 Å². The number of carbonyl (C=O) groups excluding carboxylic acids is 1. The summed E-state index contributed by atoms with van der Waals surface area (Å²) in [6.07, 6.45) is 4.30. The molecule has 0 bridgehead atoms. The molecule has 1 atom stereocenters. The molecular formula is C17H24ClNO. The smallest absolute Gasteiger partial charge is 0.151 e. The fraction of sp³-hybridized carbons (Fsp3) is 0.588. The standard InChI is InChI=1S/C17H24ClNO/c1-5-6-7-19-16-9-15(18)13(11-20)8-14(16)12(2)10-17(19,3)4/h8-9,11-12H,5-7,10H2,1-4H3/t12-/m1/s1. The number of anilines is 1. The summed E-state index contributed by atoms with van der Waals surface area (Å²) < 4.78 is 0. The molecule has 1 aliphatic rings. The quantitative estimate of drug-likeness (QED) is 0.724. The maximum atomic E-state index is 11.1. The van der Waals surface area contributed by atoms with Gasteiger partial charge < -0.3 is 4.90 Å². The van der Waals surface area contributed by atoms with Gasteiger partial charge in [-0.3, -0.25) is 4.79 Å². The van der Waals surface area contributed by atoms with Gasteiger partial charge in [0.25, 0.3) is 0 Å². The van der Waals surface area contributed by atoms with E-state index in [2.05, 4.69) is 32.6 Å². The lowest BCUT2D eigenvalue weighted by Gasteiger charge is -2.48. The van der Waals surface area contributed by atoms with Gasteiger partial charge in [-0.1, -0.05) is 31.9 Å². The highest BCUT2D eigenvalue weighted by molar-refractivity contribution is 6.33. The third-order valence-corrected chi connectivity index (χ3v) is 4.69. The Morgan fingerprint density at radius 1 is 1.45 bits per heavy atom. The average molecular weight is 294 g/mol. The zero-order valence-corrected chi connectivity index (χ0v) is 13.6. The van der Waals surface area contributed by atoms with Crippen LogP contribution in [0.4, 0.5) is 5.69 Å². The highest BCUT2D eigenvalue weighted by atomic mass is 35.5. The zero-order chi connectivity index (χ0) is 14.9. The number of halogens is 1. The predicted molar refractivity (Wildman–Crippen MR) is 86.2 cm³/mol. The van der Waals surface area contributed by atoms with Crippen LogP contribution in [0.25, 0.3) is 0 Å². The third-order valence-electron chi connectivity index (χ3n) is 4.37. The van der Waals surface area contributed by atoms with E-state index in [4.69, 9.17) is 11.6 Å². The van der Waals surface area contributed by atoms with Crippen LogP contribution in [-0.4, -0.2) is 18.4 Å². The first-order chi connectivity index (χ1) is 9.40. The van der Waals surface area contributed by atoms with Gasteiger partial charge in [0, 0.05) is 23.3 Å². The van der Waals surface area contributed by atoms with Crippen molar-refractivity contribution in [1.29, 1.82) is 0 Å². The van der Waals surface area contributed by atoms with Gasteiger partial charge in [0.2, 0.25) is 0 Å². The van der Waals surface area contributed by atoms with Gasteiger partial charge in [-0.2, -0.15) is 0 Å². The van der Waals surface area contributed by atoms with Gasteiger partial charge in [0.1, 0.15) is 0 Å². The molecule has 1 aromatic rings. The van der Waals surface area contributed by atoms with E-state index in [1.807, 2.05) is 12.1 Å². The molecule has 0 saturated heterocycles. The lowest BCUT2D eigenvalue weighted by Crippen LogP contribution is -2.48. The zero-order valence-electron chi connectivity index (χ0n) is 12.9. The van der Waals surface area contributed by atoms with Gasteiger partial charge >= 0.3 is 0 Å². The first kappa shape index (κ1) is 15.4. The molecule has 0 aliphatic carbocycles. The maximum absolute atomic E-state index is 11.1. The largest absolute Gasteiger partial charge is 0.366 e. The molecule has 3 heteroatoms. The normalized spacial score (nSPS) is 20.6. The Hall–Kier alpha value is -1.02.